The zero-order valence-electron chi connectivity index (χ0n) is 9.59. The summed E-state index contributed by atoms with van der Waals surface area (Å²) in [5.41, 5.74) is 0.589. The molecule has 1 N–H and O–H groups in total. The first kappa shape index (κ1) is 12.7. The van der Waals surface area contributed by atoms with Crippen LogP contribution in [0.25, 0.3) is 0 Å². The molecule has 0 aliphatic heterocycles. The maximum Gasteiger partial charge on any atom is 0.150 e. The lowest BCUT2D eigenvalue weighted by molar-refractivity contribution is 0.0226. The van der Waals surface area contributed by atoms with E-state index in [0.717, 1.165) is 6.29 Å². The van der Waals surface area contributed by atoms with E-state index in [4.69, 9.17) is 4.74 Å². The third kappa shape index (κ3) is 4.00. The quantitative estimate of drug-likeness (QED) is 0.580. The van der Waals surface area contributed by atoms with Crippen LogP contribution in [0.2, 0.25) is 0 Å². The second kappa shape index (κ2) is 6.25. The highest BCUT2D eigenvalue weighted by molar-refractivity contribution is 5.75. The number of rotatable bonds is 6. The molecule has 1 atom stereocenters. The van der Waals surface area contributed by atoms with Crippen molar-refractivity contribution < 1.29 is 14.6 Å². The number of aldehydes is 1. The molecular formula is C12H17NO3. The van der Waals surface area contributed by atoms with E-state index in [-0.39, 0.29) is 0 Å². The molecule has 1 unspecified atom stereocenters. The summed E-state index contributed by atoms with van der Waals surface area (Å²) in [4.78, 5) is 12.2. The Balaban J connectivity index is 2.39. The van der Waals surface area contributed by atoms with Crippen LogP contribution in [-0.2, 0) is 0 Å². The fraction of sp³-hybridized carbons (Fsp3) is 0.417. The van der Waals surface area contributed by atoms with E-state index < -0.39 is 6.23 Å². The Morgan fingerprint density at radius 3 is 2.88 bits per heavy atom. The van der Waals surface area contributed by atoms with Crippen molar-refractivity contribution in [2.45, 2.75) is 12.6 Å². The van der Waals surface area contributed by atoms with Gasteiger partial charge in [-0.3, -0.25) is 9.69 Å². The van der Waals surface area contributed by atoms with Gasteiger partial charge in [-0.05, 0) is 26.2 Å². The summed E-state index contributed by atoms with van der Waals surface area (Å²) >= 11 is 0. The van der Waals surface area contributed by atoms with E-state index in [2.05, 4.69) is 0 Å². The van der Waals surface area contributed by atoms with Crippen molar-refractivity contribution >= 4 is 6.29 Å². The Kier molecular flexibility index (Phi) is 4.95. The smallest absolute Gasteiger partial charge is 0.150 e. The third-order valence-electron chi connectivity index (χ3n) is 2.24. The molecule has 16 heavy (non-hydrogen) atoms. The van der Waals surface area contributed by atoms with Gasteiger partial charge < -0.3 is 9.84 Å². The largest absolute Gasteiger partial charge is 0.493 e. The first-order valence-corrected chi connectivity index (χ1v) is 5.16. The molecule has 0 saturated carbocycles. The van der Waals surface area contributed by atoms with Crippen LogP contribution in [0, 0.1) is 0 Å². The van der Waals surface area contributed by atoms with Gasteiger partial charge in [0.1, 0.15) is 18.3 Å². The monoisotopic (exact) mass is 223 g/mol. The molecule has 1 aromatic carbocycles. The summed E-state index contributed by atoms with van der Waals surface area (Å²) in [5, 5.41) is 9.49. The van der Waals surface area contributed by atoms with E-state index in [0.29, 0.717) is 24.3 Å². The lowest BCUT2D eigenvalue weighted by Gasteiger charge is -2.18. The normalized spacial score (nSPS) is 12.5. The van der Waals surface area contributed by atoms with Gasteiger partial charge in [-0.25, -0.2) is 0 Å². The topological polar surface area (TPSA) is 49.8 Å². The minimum atomic E-state index is -0.505. The third-order valence-corrected chi connectivity index (χ3v) is 2.24. The van der Waals surface area contributed by atoms with E-state index in [1.54, 1.807) is 43.3 Å². The predicted octanol–water partition coefficient (Wildman–Crippen LogP) is 1.15. The minimum absolute atomic E-state index is 0.418. The van der Waals surface area contributed by atoms with Crippen molar-refractivity contribution in [3.05, 3.63) is 29.8 Å². The van der Waals surface area contributed by atoms with E-state index >= 15 is 0 Å². The van der Waals surface area contributed by atoms with Crippen molar-refractivity contribution in [3.8, 4) is 5.75 Å². The zero-order chi connectivity index (χ0) is 12.0. The zero-order valence-corrected chi connectivity index (χ0v) is 9.59. The summed E-state index contributed by atoms with van der Waals surface area (Å²) in [6, 6.07) is 6.94. The number of aliphatic hydroxyl groups excluding tert-OH is 1. The van der Waals surface area contributed by atoms with E-state index in [9.17, 15) is 9.90 Å². The molecule has 88 valence electrons. The average molecular weight is 223 g/mol. The highest BCUT2D eigenvalue weighted by Gasteiger charge is 2.06. The van der Waals surface area contributed by atoms with Crippen LogP contribution in [0.5, 0.6) is 5.75 Å². The minimum Gasteiger partial charge on any atom is -0.493 e. The Morgan fingerprint density at radius 1 is 1.50 bits per heavy atom. The molecule has 0 radical (unpaired) electrons. The van der Waals surface area contributed by atoms with Crippen LogP contribution in [-0.4, -0.2) is 43.2 Å². The molecule has 0 spiro atoms. The molecule has 0 aromatic heterocycles. The Bertz CT molecular complexity index is 339. The maximum atomic E-state index is 10.5. The molecule has 0 fully saturated rings. The number of aliphatic hydroxyl groups is 1. The number of nitrogens with zero attached hydrogens (tertiary/aromatic N) is 1. The number of hydrogen-bond acceptors (Lipinski definition) is 4. The lowest BCUT2D eigenvalue weighted by atomic mass is 10.2. The summed E-state index contributed by atoms with van der Waals surface area (Å²) in [7, 11) is 3.61. The summed E-state index contributed by atoms with van der Waals surface area (Å²) in [6.45, 7) is 0.418. The van der Waals surface area contributed by atoms with Gasteiger partial charge in [-0.1, -0.05) is 12.1 Å². The van der Waals surface area contributed by atoms with Crippen LogP contribution in [0.1, 0.15) is 16.8 Å². The number of carbonyl (C=O) groups excluding carboxylic acids is 1. The van der Waals surface area contributed by atoms with Crippen LogP contribution < -0.4 is 4.74 Å². The fourth-order valence-corrected chi connectivity index (χ4v) is 1.22. The standard InChI is InChI=1S/C12H17NO3/c1-13(2)12(15)6-7-16-11-5-3-4-10(8-11)9-14/h3-5,8-9,12,15H,6-7H2,1-2H3. The Labute approximate surface area is 95.5 Å². The molecule has 0 heterocycles. The number of benzene rings is 1. The van der Waals surface area contributed by atoms with Gasteiger partial charge in [0.05, 0.1) is 6.61 Å². The molecule has 0 saturated heterocycles. The van der Waals surface area contributed by atoms with Crippen molar-refractivity contribution in [1.82, 2.24) is 4.90 Å². The van der Waals surface area contributed by atoms with Crippen LogP contribution in [0.4, 0.5) is 0 Å². The highest BCUT2D eigenvalue weighted by atomic mass is 16.5. The highest BCUT2D eigenvalue weighted by Crippen LogP contribution is 2.12. The van der Waals surface area contributed by atoms with Crippen LogP contribution in [0.15, 0.2) is 24.3 Å². The van der Waals surface area contributed by atoms with Gasteiger partial charge in [-0.15, -0.1) is 0 Å². The van der Waals surface area contributed by atoms with Gasteiger partial charge in [0.15, 0.2) is 0 Å². The van der Waals surface area contributed by atoms with Gasteiger partial charge in [0.25, 0.3) is 0 Å². The Morgan fingerprint density at radius 2 is 2.25 bits per heavy atom. The van der Waals surface area contributed by atoms with Crippen molar-refractivity contribution in [2.75, 3.05) is 20.7 Å². The molecule has 0 bridgehead atoms. The van der Waals surface area contributed by atoms with Crippen molar-refractivity contribution in [3.63, 3.8) is 0 Å². The number of carbonyl (C=O) groups is 1. The second-order valence-corrected chi connectivity index (χ2v) is 3.77. The van der Waals surface area contributed by atoms with Crippen LogP contribution in [0.3, 0.4) is 0 Å². The molecule has 0 aliphatic carbocycles. The number of ether oxygens (including phenoxy) is 1. The molecule has 4 nitrogen and oxygen atoms in total. The van der Waals surface area contributed by atoms with Gasteiger partial charge in [0.2, 0.25) is 0 Å². The van der Waals surface area contributed by atoms with Crippen molar-refractivity contribution in [2.24, 2.45) is 0 Å². The second-order valence-electron chi connectivity index (χ2n) is 3.77. The average Bonchev–Trinajstić information content (AvgIpc) is 2.29. The summed E-state index contributed by atoms with van der Waals surface area (Å²) < 4.78 is 5.42. The Hall–Kier alpha value is -1.39. The SMILES string of the molecule is CN(C)C(O)CCOc1cccc(C=O)c1. The molecular weight excluding hydrogens is 206 g/mol. The molecule has 0 amide bonds. The lowest BCUT2D eigenvalue weighted by Crippen LogP contribution is -2.29. The summed E-state index contributed by atoms with van der Waals surface area (Å²) in [6.07, 6.45) is 0.800. The van der Waals surface area contributed by atoms with Crippen LogP contribution >= 0.6 is 0 Å². The van der Waals surface area contributed by atoms with Gasteiger partial charge in [0, 0.05) is 12.0 Å². The molecule has 4 heteroatoms. The van der Waals surface area contributed by atoms with E-state index in [1.165, 1.54) is 0 Å². The molecule has 1 aromatic rings. The predicted molar refractivity (Wildman–Crippen MR) is 61.6 cm³/mol. The maximum absolute atomic E-state index is 10.5. The van der Waals surface area contributed by atoms with E-state index in [1.807, 2.05) is 0 Å². The number of hydrogen-bond donors (Lipinski definition) is 1. The molecule has 0 aliphatic rings. The first-order valence-electron chi connectivity index (χ1n) is 5.16. The van der Waals surface area contributed by atoms with Gasteiger partial charge in [-0.2, -0.15) is 0 Å². The first-order chi connectivity index (χ1) is 7.63. The fourth-order valence-electron chi connectivity index (χ4n) is 1.22. The van der Waals surface area contributed by atoms with Crippen molar-refractivity contribution in [1.29, 1.82) is 0 Å². The van der Waals surface area contributed by atoms with Gasteiger partial charge >= 0.3 is 0 Å². The molecule has 1 rings (SSSR count). The summed E-state index contributed by atoms with van der Waals surface area (Å²) in [5.74, 6) is 0.649.